The molecule has 0 amide bonds. The second kappa shape index (κ2) is 10.6. The Kier molecular flexibility index (Phi) is 5.89. The van der Waals surface area contributed by atoms with Gasteiger partial charge < -0.3 is 4.42 Å². The van der Waals surface area contributed by atoms with E-state index < -0.39 is 0 Å². The molecular weight excluding hydrogens is 625 g/mol. The van der Waals surface area contributed by atoms with Gasteiger partial charge in [-0.15, -0.1) is 11.3 Å². The van der Waals surface area contributed by atoms with E-state index in [4.69, 9.17) is 4.42 Å². The van der Waals surface area contributed by atoms with Crippen LogP contribution in [0.2, 0.25) is 0 Å². The highest BCUT2D eigenvalue weighted by Gasteiger charge is 2.19. The number of hydrogen-bond acceptors (Lipinski definition) is 2. The number of para-hydroxylation sites is 1. The van der Waals surface area contributed by atoms with Gasteiger partial charge in [-0.1, -0.05) is 140 Å². The van der Waals surface area contributed by atoms with Crippen LogP contribution in [-0.4, -0.2) is 0 Å². The molecule has 0 saturated carbocycles. The number of benzene rings is 9. The zero-order valence-corrected chi connectivity index (χ0v) is 27.8. The minimum Gasteiger partial charge on any atom is -0.456 e. The second-order valence-electron chi connectivity index (χ2n) is 13.2. The average Bonchev–Trinajstić information content (AvgIpc) is 3.73. The third kappa shape index (κ3) is 4.00. The first-order valence-corrected chi connectivity index (χ1v) is 17.9. The van der Waals surface area contributed by atoms with Crippen molar-refractivity contribution in [2.45, 2.75) is 0 Å². The first-order valence-electron chi connectivity index (χ1n) is 17.1. The molecule has 0 unspecified atom stereocenters. The van der Waals surface area contributed by atoms with Crippen molar-refractivity contribution in [2.75, 3.05) is 0 Å². The van der Waals surface area contributed by atoms with E-state index in [1.165, 1.54) is 96.6 Å². The molecule has 0 spiro atoms. The quantitative estimate of drug-likeness (QED) is 0.173. The smallest absolute Gasteiger partial charge is 0.136 e. The van der Waals surface area contributed by atoms with Gasteiger partial charge in [0.05, 0.1) is 0 Å². The molecule has 0 N–H and O–H groups in total. The third-order valence-corrected chi connectivity index (χ3v) is 11.6. The number of hydrogen-bond donors (Lipinski definition) is 0. The van der Waals surface area contributed by atoms with Crippen LogP contribution in [-0.2, 0) is 0 Å². The van der Waals surface area contributed by atoms with Gasteiger partial charge in [-0.2, -0.15) is 0 Å². The van der Waals surface area contributed by atoms with Crippen LogP contribution in [0.3, 0.4) is 0 Å². The molecule has 11 aromatic rings. The maximum Gasteiger partial charge on any atom is 0.136 e. The summed E-state index contributed by atoms with van der Waals surface area (Å²) in [6, 6.07) is 62.0. The highest BCUT2D eigenvalue weighted by molar-refractivity contribution is 7.26. The van der Waals surface area contributed by atoms with Gasteiger partial charge in [0.2, 0.25) is 0 Å². The fraction of sp³-hybridized carbons (Fsp3) is 0. The zero-order valence-electron chi connectivity index (χ0n) is 27.0. The van der Waals surface area contributed by atoms with Crippen LogP contribution in [0.1, 0.15) is 0 Å². The van der Waals surface area contributed by atoms with Gasteiger partial charge in [-0.05, 0) is 90.6 Å². The van der Waals surface area contributed by atoms with E-state index in [0.29, 0.717) is 0 Å². The lowest BCUT2D eigenvalue weighted by Crippen LogP contribution is -1.91. The normalized spacial score (nSPS) is 12.0. The SMILES string of the molecule is c1ccc(-c2c3ccccc3c(-c3cccc(-c4cc5c6cc7oc8ccccc8c7cc6sc5c5ccccc45)c3)c3ccccc23)cc1. The van der Waals surface area contributed by atoms with E-state index in [0.717, 1.165) is 11.2 Å². The van der Waals surface area contributed by atoms with E-state index in [1.54, 1.807) is 0 Å². The van der Waals surface area contributed by atoms with Crippen LogP contribution in [0.15, 0.2) is 174 Å². The Hall–Kier alpha value is -6.22. The molecule has 2 heterocycles. The fourth-order valence-electron chi connectivity index (χ4n) is 8.25. The zero-order chi connectivity index (χ0) is 32.8. The molecule has 0 aliphatic heterocycles. The molecular formula is C48H28OS. The summed E-state index contributed by atoms with van der Waals surface area (Å²) in [7, 11) is 0. The molecule has 0 radical (unpaired) electrons. The third-order valence-electron chi connectivity index (χ3n) is 10.4. The van der Waals surface area contributed by atoms with Gasteiger partial charge >= 0.3 is 0 Å². The van der Waals surface area contributed by atoms with Crippen molar-refractivity contribution in [1.29, 1.82) is 0 Å². The molecule has 232 valence electrons. The molecule has 11 rings (SSSR count). The standard InChI is InChI=1S/C48H28OS/c1-2-13-29(14-3-1)46-34-19-5-7-21-36(34)47(37-22-8-6-20-35(37)46)31-16-12-15-30(25-31)39-26-42-41-27-44-40(33-18-10-11-24-43(33)49-44)28-45(41)50-48(42)38-23-9-4-17-32(38)39/h1-28H. The van der Waals surface area contributed by atoms with Crippen LogP contribution in [0.5, 0.6) is 0 Å². The van der Waals surface area contributed by atoms with E-state index in [2.05, 4.69) is 164 Å². The Morgan fingerprint density at radius 2 is 0.880 bits per heavy atom. The Balaban J connectivity index is 1.18. The van der Waals surface area contributed by atoms with Crippen molar-refractivity contribution in [1.82, 2.24) is 0 Å². The van der Waals surface area contributed by atoms with Gasteiger partial charge in [0, 0.05) is 36.3 Å². The van der Waals surface area contributed by atoms with Crippen molar-refractivity contribution < 1.29 is 4.42 Å². The van der Waals surface area contributed by atoms with Gasteiger partial charge in [0.25, 0.3) is 0 Å². The molecule has 0 saturated heterocycles. The Bertz CT molecular complexity index is 3090. The molecule has 0 bridgehead atoms. The minimum atomic E-state index is 0.935. The second-order valence-corrected chi connectivity index (χ2v) is 14.2. The topological polar surface area (TPSA) is 13.1 Å². The summed E-state index contributed by atoms with van der Waals surface area (Å²) >= 11 is 1.88. The molecule has 2 heteroatoms. The van der Waals surface area contributed by atoms with Gasteiger partial charge in [-0.3, -0.25) is 0 Å². The van der Waals surface area contributed by atoms with Gasteiger partial charge in [0.15, 0.2) is 0 Å². The van der Waals surface area contributed by atoms with Crippen LogP contribution in [0, 0.1) is 0 Å². The van der Waals surface area contributed by atoms with Crippen LogP contribution in [0.25, 0.3) is 108 Å². The first kappa shape index (κ1) is 27.7. The summed E-state index contributed by atoms with van der Waals surface area (Å²) < 4.78 is 8.96. The molecule has 9 aromatic carbocycles. The largest absolute Gasteiger partial charge is 0.456 e. The minimum absolute atomic E-state index is 0.935. The number of thiophene rings is 1. The molecule has 0 aliphatic rings. The Morgan fingerprint density at radius 3 is 1.60 bits per heavy atom. The lowest BCUT2D eigenvalue weighted by atomic mass is 9.85. The highest BCUT2D eigenvalue weighted by atomic mass is 32.1. The Labute approximate surface area is 292 Å². The number of rotatable bonds is 3. The van der Waals surface area contributed by atoms with Gasteiger partial charge in [0.1, 0.15) is 11.2 Å². The van der Waals surface area contributed by atoms with Crippen molar-refractivity contribution in [2.24, 2.45) is 0 Å². The molecule has 0 atom stereocenters. The molecule has 0 aliphatic carbocycles. The maximum atomic E-state index is 6.36. The van der Waals surface area contributed by atoms with E-state index in [-0.39, 0.29) is 0 Å². The summed E-state index contributed by atoms with van der Waals surface area (Å²) in [5.41, 5.74) is 9.35. The van der Waals surface area contributed by atoms with Crippen LogP contribution in [0.4, 0.5) is 0 Å². The predicted octanol–water partition coefficient (Wildman–Crippen LogP) is 14.4. The van der Waals surface area contributed by atoms with Crippen molar-refractivity contribution in [3.8, 4) is 33.4 Å². The van der Waals surface area contributed by atoms with Crippen LogP contribution < -0.4 is 0 Å². The maximum absolute atomic E-state index is 6.36. The van der Waals surface area contributed by atoms with E-state index in [1.807, 2.05) is 17.4 Å². The lowest BCUT2D eigenvalue weighted by molar-refractivity contribution is 0.669. The summed E-state index contributed by atoms with van der Waals surface area (Å²) in [4.78, 5) is 0. The predicted molar refractivity (Wildman–Crippen MR) is 215 cm³/mol. The molecule has 1 nitrogen and oxygen atoms in total. The first-order chi connectivity index (χ1) is 24.8. The number of fused-ring (bicyclic) bond motifs is 10. The summed E-state index contributed by atoms with van der Waals surface area (Å²) in [6.45, 7) is 0. The number of furan rings is 1. The van der Waals surface area contributed by atoms with E-state index in [9.17, 15) is 0 Å². The lowest BCUT2D eigenvalue weighted by Gasteiger charge is -2.18. The molecule has 0 fully saturated rings. The van der Waals surface area contributed by atoms with E-state index >= 15 is 0 Å². The fourth-order valence-corrected chi connectivity index (χ4v) is 9.49. The summed E-state index contributed by atoms with van der Waals surface area (Å²) in [6.07, 6.45) is 0. The monoisotopic (exact) mass is 652 g/mol. The Morgan fingerprint density at radius 1 is 0.320 bits per heavy atom. The van der Waals surface area contributed by atoms with Gasteiger partial charge in [-0.25, -0.2) is 0 Å². The highest BCUT2D eigenvalue weighted by Crippen LogP contribution is 2.47. The molecule has 50 heavy (non-hydrogen) atoms. The average molecular weight is 653 g/mol. The van der Waals surface area contributed by atoms with Crippen molar-refractivity contribution >= 4 is 85.8 Å². The summed E-state index contributed by atoms with van der Waals surface area (Å²) in [5, 5.41) is 12.5. The summed E-state index contributed by atoms with van der Waals surface area (Å²) in [5.74, 6) is 0. The molecule has 2 aromatic heterocycles. The van der Waals surface area contributed by atoms with Crippen molar-refractivity contribution in [3.63, 3.8) is 0 Å². The van der Waals surface area contributed by atoms with Crippen LogP contribution >= 0.6 is 11.3 Å². The van der Waals surface area contributed by atoms with Crippen molar-refractivity contribution in [3.05, 3.63) is 170 Å².